The van der Waals surface area contributed by atoms with Crippen LogP contribution in [0.3, 0.4) is 0 Å². The lowest BCUT2D eigenvalue weighted by molar-refractivity contribution is 0.0476. The van der Waals surface area contributed by atoms with Crippen molar-refractivity contribution in [2.45, 2.75) is 20.4 Å². The Balaban J connectivity index is 1.69. The lowest BCUT2D eigenvalue weighted by Crippen LogP contribution is -2.14. The summed E-state index contributed by atoms with van der Waals surface area (Å²) in [6, 6.07) is 11.5. The van der Waals surface area contributed by atoms with Crippen molar-refractivity contribution in [3.63, 3.8) is 0 Å². The number of aryl methyl sites for hydroxylation is 2. The highest BCUT2D eigenvalue weighted by molar-refractivity contribution is 5.90. The molecule has 0 saturated heterocycles. The van der Waals surface area contributed by atoms with E-state index in [0.717, 1.165) is 17.1 Å². The van der Waals surface area contributed by atoms with Gasteiger partial charge in [0, 0.05) is 5.69 Å². The molecule has 2 aromatic heterocycles. The zero-order valence-electron chi connectivity index (χ0n) is 14.5. The fourth-order valence-electron chi connectivity index (χ4n) is 2.56. The maximum atomic E-state index is 12.3. The molecule has 0 unspecified atom stereocenters. The van der Waals surface area contributed by atoms with Crippen molar-refractivity contribution in [1.82, 2.24) is 19.6 Å². The van der Waals surface area contributed by atoms with E-state index in [1.165, 1.54) is 7.11 Å². The summed E-state index contributed by atoms with van der Waals surface area (Å²) in [7, 11) is 1.50. The third-order valence-electron chi connectivity index (χ3n) is 3.75. The lowest BCUT2D eigenvalue weighted by Gasteiger charge is -2.06. The molecule has 7 heteroatoms. The van der Waals surface area contributed by atoms with Crippen LogP contribution in [0, 0.1) is 13.8 Å². The number of hydrogen-bond acceptors (Lipinski definition) is 5. The van der Waals surface area contributed by atoms with E-state index < -0.39 is 5.97 Å². The first-order valence-electron chi connectivity index (χ1n) is 7.95. The summed E-state index contributed by atoms with van der Waals surface area (Å²) in [5.41, 5.74) is 2.95. The maximum Gasteiger partial charge on any atom is 0.362 e. The zero-order chi connectivity index (χ0) is 17.8. The van der Waals surface area contributed by atoms with Gasteiger partial charge in [0.25, 0.3) is 0 Å². The Morgan fingerprint density at radius 2 is 1.92 bits per heavy atom. The molecule has 130 valence electrons. The zero-order valence-corrected chi connectivity index (χ0v) is 14.5. The number of rotatable bonds is 6. The van der Waals surface area contributed by atoms with Crippen LogP contribution in [-0.2, 0) is 11.3 Å². The average Bonchev–Trinajstić information content (AvgIpc) is 3.18. The number of methoxy groups -OCH3 is 1. The Morgan fingerprint density at radius 3 is 2.56 bits per heavy atom. The minimum Gasteiger partial charge on any atom is -0.493 e. The molecule has 3 rings (SSSR count). The molecule has 0 aliphatic heterocycles. The number of aromatic nitrogens is 4. The van der Waals surface area contributed by atoms with Crippen LogP contribution in [0.15, 0.2) is 42.6 Å². The van der Waals surface area contributed by atoms with Crippen molar-refractivity contribution >= 4 is 5.97 Å². The largest absolute Gasteiger partial charge is 0.493 e. The van der Waals surface area contributed by atoms with Crippen molar-refractivity contribution in [3.05, 3.63) is 59.7 Å². The van der Waals surface area contributed by atoms with E-state index in [9.17, 15) is 4.79 Å². The molecule has 0 aliphatic rings. The van der Waals surface area contributed by atoms with Crippen LogP contribution in [0.4, 0.5) is 0 Å². The average molecular weight is 340 g/mol. The minimum atomic E-state index is -0.520. The molecule has 1 aromatic carbocycles. The molecule has 7 nitrogen and oxygen atoms in total. The number of nitrogens with zero attached hydrogens (tertiary/aromatic N) is 4. The summed E-state index contributed by atoms with van der Waals surface area (Å²) < 4.78 is 14.0. The number of carbonyl (C=O) groups is 1. The fraction of sp³-hybridized carbons (Fsp3) is 0.278. The quantitative estimate of drug-likeness (QED) is 0.645. The van der Waals surface area contributed by atoms with Gasteiger partial charge in [0.05, 0.1) is 31.2 Å². The van der Waals surface area contributed by atoms with Gasteiger partial charge in [0.2, 0.25) is 5.69 Å². The fourth-order valence-corrected chi connectivity index (χ4v) is 2.56. The summed E-state index contributed by atoms with van der Waals surface area (Å²) in [6.07, 6.45) is 1.66. The molecule has 0 amide bonds. The Hall–Kier alpha value is -3.09. The molecule has 0 bridgehead atoms. The molecule has 0 aliphatic carbocycles. The van der Waals surface area contributed by atoms with Crippen molar-refractivity contribution in [2.75, 3.05) is 13.7 Å². The first kappa shape index (κ1) is 16.8. The summed E-state index contributed by atoms with van der Waals surface area (Å²) >= 11 is 0. The second-order valence-corrected chi connectivity index (χ2v) is 5.61. The predicted molar refractivity (Wildman–Crippen MR) is 92.1 cm³/mol. The van der Waals surface area contributed by atoms with Gasteiger partial charge in [-0.2, -0.15) is 10.2 Å². The molecular weight excluding hydrogens is 320 g/mol. The van der Waals surface area contributed by atoms with E-state index in [-0.39, 0.29) is 12.3 Å². The Labute approximate surface area is 145 Å². The lowest BCUT2D eigenvalue weighted by atomic mass is 10.3. The highest BCUT2D eigenvalue weighted by atomic mass is 16.5. The van der Waals surface area contributed by atoms with Gasteiger partial charge in [-0.05, 0) is 32.0 Å². The highest BCUT2D eigenvalue weighted by Gasteiger charge is 2.20. The molecule has 0 saturated carbocycles. The first-order valence-corrected chi connectivity index (χ1v) is 7.95. The third-order valence-corrected chi connectivity index (χ3v) is 3.75. The van der Waals surface area contributed by atoms with Gasteiger partial charge < -0.3 is 9.47 Å². The minimum absolute atomic E-state index is 0.153. The summed E-state index contributed by atoms with van der Waals surface area (Å²) in [6.45, 7) is 4.60. The van der Waals surface area contributed by atoms with E-state index in [4.69, 9.17) is 9.47 Å². The number of hydrogen-bond donors (Lipinski definition) is 0. The second kappa shape index (κ2) is 7.21. The van der Waals surface area contributed by atoms with Crippen LogP contribution in [0.25, 0.3) is 5.69 Å². The Kier molecular flexibility index (Phi) is 4.83. The van der Waals surface area contributed by atoms with E-state index in [1.54, 1.807) is 10.9 Å². The van der Waals surface area contributed by atoms with Gasteiger partial charge >= 0.3 is 5.97 Å². The van der Waals surface area contributed by atoms with Crippen LogP contribution in [-0.4, -0.2) is 39.2 Å². The molecule has 0 N–H and O–H groups in total. The monoisotopic (exact) mass is 340 g/mol. The third kappa shape index (κ3) is 3.71. The second-order valence-electron chi connectivity index (χ2n) is 5.61. The van der Waals surface area contributed by atoms with E-state index in [1.807, 2.05) is 54.9 Å². The predicted octanol–water partition coefficient (Wildman–Crippen LogP) is 2.55. The summed E-state index contributed by atoms with van der Waals surface area (Å²) in [5.74, 6) is -0.145. The van der Waals surface area contributed by atoms with Crippen molar-refractivity contribution in [1.29, 1.82) is 0 Å². The molecule has 0 atom stereocenters. The van der Waals surface area contributed by atoms with Crippen LogP contribution >= 0.6 is 0 Å². The van der Waals surface area contributed by atoms with Gasteiger partial charge in [0.15, 0.2) is 5.75 Å². The standard InChI is InChI=1S/C18H20N4O3/c1-13-11-14(2)21(19-13)9-10-25-18(23)17-16(24-3)12-22(20-17)15-7-5-4-6-8-15/h4-8,11-12H,9-10H2,1-3H3. The van der Waals surface area contributed by atoms with Gasteiger partial charge in [-0.3, -0.25) is 4.68 Å². The van der Waals surface area contributed by atoms with E-state index in [0.29, 0.717) is 12.3 Å². The molecular formula is C18H20N4O3. The van der Waals surface area contributed by atoms with Gasteiger partial charge in [0.1, 0.15) is 6.61 Å². The van der Waals surface area contributed by atoms with Gasteiger partial charge in [-0.1, -0.05) is 18.2 Å². The van der Waals surface area contributed by atoms with Crippen LogP contribution in [0.2, 0.25) is 0 Å². The molecule has 3 aromatic rings. The maximum absolute atomic E-state index is 12.3. The number of para-hydroxylation sites is 1. The van der Waals surface area contributed by atoms with Gasteiger partial charge in [-0.25, -0.2) is 9.48 Å². The molecule has 0 fully saturated rings. The number of ether oxygens (including phenoxy) is 2. The molecule has 2 heterocycles. The molecule has 0 spiro atoms. The Morgan fingerprint density at radius 1 is 1.16 bits per heavy atom. The SMILES string of the molecule is COc1cn(-c2ccccc2)nc1C(=O)OCCn1nc(C)cc1C. The van der Waals surface area contributed by atoms with Crippen LogP contribution < -0.4 is 4.74 Å². The van der Waals surface area contributed by atoms with Gasteiger partial charge in [-0.15, -0.1) is 0 Å². The topological polar surface area (TPSA) is 71.2 Å². The number of carbonyl (C=O) groups excluding carboxylic acids is 1. The van der Waals surface area contributed by atoms with Crippen molar-refractivity contribution in [3.8, 4) is 11.4 Å². The van der Waals surface area contributed by atoms with Crippen LogP contribution in [0.1, 0.15) is 21.9 Å². The highest BCUT2D eigenvalue weighted by Crippen LogP contribution is 2.20. The molecule has 25 heavy (non-hydrogen) atoms. The Bertz CT molecular complexity index is 868. The normalized spacial score (nSPS) is 10.7. The number of benzene rings is 1. The first-order chi connectivity index (χ1) is 12.1. The van der Waals surface area contributed by atoms with E-state index >= 15 is 0 Å². The van der Waals surface area contributed by atoms with E-state index in [2.05, 4.69) is 10.2 Å². The van der Waals surface area contributed by atoms with Crippen molar-refractivity contribution < 1.29 is 14.3 Å². The van der Waals surface area contributed by atoms with Crippen LogP contribution in [0.5, 0.6) is 5.75 Å². The summed E-state index contributed by atoms with van der Waals surface area (Å²) in [5, 5.41) is 8.63. The smallest absolute Gasteiger partial charge is 0.362 e. The number of esters is 1. The van der Waals surface area contributed by atoms with Crippen molar-refractivity contribution in [2.24, 2.45) is 0 Å². The molecule has 0 radical (unpaired) electrons. The summed E-state index contributed by atoms with van der Waals surface area (Å²) in [4.78, 5) is 12.3.